The van der Waals surface area contributed by atoms with Gasteiger partial charge in [-0.15, -0.1) is 0 Å². The topological polar surface area (TPSA) is 0 Å². The van der Waals surface area contributed by atoms with E-state index in [1.54, 1.807) is 0 Å². The summed E-state index contributed by atoms with van der Waals surface area (Å²) in [5.74, 6) is 0. The first-order valence-corrected chi connectivity index (χ1v) is 5.45. The number of benzene rings is 2. The van der Waals surface area contributed by atoms with Crippen molar-refractivity contribution in [2.45, 2.75) is 20.3 Å². The highest BCUT2D eigenvalue weighted by Crippen LogP contribution is 2.20. The van der Waals surface area contributed by atoms with Crippen molar-refractivity contribution in [3.8, 4) is 11.1 Å². The van der Waals surface area contributed by atoms with Crippen molar-refractivity contribution in [3.63, 3.8) is 0 Å². The van der Waals surface area contributed by atoms with Crippen LogP contribution in [0.1, 0.15) is 18.1 Å². The minimum atomic E-state index is 1.10. The van der Waals surface area contributed by atoms with Gasteiger partial charge in [0, 0.05) is 0 Å². The average molecular weight is 196 g/mol. The van der Waals surface area contributed by atoms with Gasteiger partial charge in [0.15, 0.2) is 0 Å². The van der Waals surface area contributed by atoms with Crippen molar-refractivity contribution in [3.05, 3.63) is 59.7 Å². The van der Waals surface area contributed by atoms with Crippen LogP contribution in [0.5, 0.6) is 0 Å². The van der Waals surface area contributed by atoms with E-state index in [4.69, 9.17) is 0 Å². The quantitative estimate of drug-likeness (QED) is 0.674. The number of rotatable bonds is 2. The molecule has 2 rings (SSSR count). The monoisotopic (exact) mass is 196 g/mol. The maximum Gasteiger partial charge on any atom is -0.0181 e. The highest BCUT2D eigenvalue weighted by atomic mass is 14.0. The summed E-state index contributed by atoms with van der Waals surface area (Å²) in [4.78, 5) is 0. The maximum atomic E-state index is 2.27. The molecule has 0 amide bonds. The first kappa shape index (κ1) is 9.97. The summed E-state index contributed by atoms with van der Waals surface area (Å²) in [7, 11) is 0. The van der Waals surface area contributed by atoms with E-state index < -0.39 is 0 Å². The molecule has 0 nitrogen and oxygen atoms in total. The lowest BCUT2D eigenvalue weighted by Crippen LogP contribution is -1.82. The van der Waals surface area contributed by atoms with Gasteiger partial charge in [0.1, 0.15) is 0 Å². The van der Waals surface area contributed by atoms with Gasteiger partial charge in [-0.2, -0.15) is 0 Å². The van der Waals surface area contributed by atoms with Crippen molar-refractivity contribution in [2.24, 2.45) is 0 Å². The second-order valence-electron chi connectivity index (χ2n) is 3.92. The van der Waals surface area contributed by atoms with Crippen molar-refractivity contribution in [1.29, 1.82) is 0 Å². The second-order valence-corrected chi connectivity index (χ2v) is 3.92. The van der Waals surface area contributed by atoms with E-state index in [2.05, 4.69) is 62.4 Å². The van der Waals surface area contributed by atoms with Gasteiger partial charge in [-0.25, -0.2) is 0 Å². The van der Waals surface area contributed by atoms with E-state index in [1.807, 2.05) is 0 Å². The van der Waals surface area contributed by atoms with Crippen LogP contribution in [0.15, 0.2) is 48.5 Å². The molecule has 0 saturated carbocycles. The summed E-state index contributed by atoms with van der Waals surface area (Å²) in [5.41, 5.74) is 5.32. The van der Waals surface area contributed by atoms with Crippen LogP contribution in [-0.4, -0.2) is 0 Å². The summed E-state index contributed by atoms with van der Waals surface area (Å²) < 4.78 is 0. The van der Waals surface area contributed by atoms with Crippen molar-refractivity contribution in [2.75, 3.05) is 0 Å². The Balaban J connectivity index is 2.40. The summed E-state index contributed by atoms with van der Waals surface area (Å²) in [6, 6.07) is 17.4. The molecule has 2 aromatic rings. The van der Waals surface area contributed by atoms with E-state index in [9.17, 15) is 0 Å². The average Bonchev–Trinajstić information content (AvgIpc) is 2.30. The van der Waals surface area contributed by atoms with Crippen LogP contribution in [0, 0.1) is 6.92 Å². The Bertz CT molecular complexity index is 438. The van der Waals surface area contributed by atoms with Crippen LogP contribution in [0.25, 0.3) is 11.1 Å². The Hall–Kier alpha value is -1.56. The summed E-state index contributed by atoms with van der Waals surface area (Å²) in [6.07, 6.45) is 1.10. The zero-order valence-electron chi connectivity index (χ0n) is 9.33. The lowest BCUT2D eigenvalue weighted by molar-refractivity contribution is 1.14. The summed E-state index contributed by atoms with van der Waals surface area (Å²) >= 11 is 0. The number of hydrogen-bond donors (Lipinski definition) is 0. The largest absolute Gasteiger partial charge is 0.0614 e. The zero-order chi connectivity index (χ0) is 10.7. The van der Waals surface area contributed by atoms with E-state index in [1.165, 1.54) is 22.3 Å². The minimum absolute atomic E-state index is 1.10. The van der Waals surface area contributed by atoms with Crippen molar-refractivity contribution in [1.82, 2.24) is 0 Å². The van der Waals surface area contributed by atoms with Gasteiger partial charge in [-0.1, -0.05) is 61.0 Å². The molecule has 0 unspecified atom stereocenters. The number of aryl methyl sites for hydroxylation is 2. The van der Waals surface area contributed by atoms with Gasteiger partial charge >= 0.3 is 0 Å². The lowest BCUT2D eigenvalue weighted by atomic mass is 10.0. The first-order valence-electron chi connectivity index (χ1n) is 5.45. The number of hydrogen-bond acceptors (Lipinski definition) is 0. The van der Waals surface area contributed by atoms with Crippen LogP contribution in [0.3, 0.4) is 0 Å². The molecule has 0 saturated heterocycles. The first-order chi connectivity index (χ1) is 7.29. The summed E-state index contributed by atoms with van der Waals surface area (Å²) in [6.45, 7) is 4.31. The Morgan fingerprint density at radius 1 is 0.867 bits per heavy atom. The third-order valence-electron chi connectivity index (χ3n) is 2.72. The molecule has 0 aliphatic heterocycles. The van der Waals surface area contributed by atoms with E-state index in [0.29, 0.717) is 0 Å². The third-order valence-corrected chi connectivity index (χ3v) is 2.72. The van der Waals surface area contributed by atoms with Gasteiger partial charge in [-0.3, -0.25) is 0 Å². The van der Waals surface area contributed by atoms with Gasteiger partial charge in [0.25, 0.3) is 0 Å². The Kier molecular flexibility index (Phi) is 2.86. The molecule has 15 heavy (non-hydrogen) atoms. The molecular weight excluding hydrogens is 180 g/mol. The van der Waals surface area contributed by atoms with Crippen LogP contribution >= 0.6 is 0 Å². The lowest BCUT2D eigenvalue weighted by Gasteiger charge is -2.04. The second kappa shape index (κ2) is 4.31. The van der Waals surface area contributed by atoms with Crippen LogP contribution in [0.2, 0.25) is 0 Å². The maximum absolute atomic E-state index is 2.27. The van der Waals surface area contributed by atoms with Gasteiger partial charge < -0.3 is 0 Å². The molecule has 0 atom stereocenters. The van der Waals surface area contributed by atoms with E-state index in [0.717, 1.165) is 6.42 Å². The molecule has 76 valence electrons. The molecule has 0 N–H and O–H groups in total. The predicted octanol–water partition coefficient (Wildman–Crippen LogP) is 4.22. The van der Waals surface area contributed by atoms with Crippen LogP contribution in [0.4, 0.5) is 0 Å². The molecule has 0 aliphatic carbocycles. The molecule has 2 aromatic carbocycles. The van der Waals surface area contributed by atoms with Crippen LogP contribution < -0.4 is 0 Å². The van der Waals surface area contributed by atoms with E-state index in [-0.39, 0.29) is 0 Å². The normalized spacial score (nSPS) is 10.3. The molecular formula is C15H16. The highest BCUT2D eigenvalue weighted by molar-refractivity contribution is 5.64. The molecule has 0 bridgehead atoms. The zero-order valence-corrected chi connectivity index (χ0v) is 9.33. The molecule has 0 radical (unpaired) electrons. The highest BCUT2D eigenvalue weighted by Gasteiger charge is 1.97. The smallest absolute Gasteiger partial charge is 0.0181 e. The fourth-order valence-electron chi connectivity index (χ4n) is 1.72. The molecule has 0 spiro atoms. The van der Waals surface area contributed by atoms with E-state index >= 15 is 0 Å². The predicted molar refractivity (Wildman–Crippen MR) is 66.0 cm³/mol. The molecule has 0 heteroatoms. The van der Waals surface area contributed by atoms with Crippen molar-refractivity contribution < 1.29 is 0 Å². The van der Waals surface area contributed by atoms with Crippen molar-refractivity contribution >= 4 is 0 Å². The van der Waals surface area contributed by atoms with Gasteiger partial charge in [-0.05, 0) is 30.0 Å². The Morgan fingerprint density at radius 2 is 1.60 bits per heavy atom. The minimum Gasteiger partial charge on any atom is -0.0614 e. The Labute approximate surface area is 91.6 Å². The standard InChI is InChI=1S/C15H16/c1-3-13-5-4-6-15(11-13)14-9-7-12(2)8-10-14/h4-11H,3H2,1-2H3. The fraction of sp³-hybridized carbons (Fsp3) is 0.200. The molecule has 0 aromatic heterocycles. The Morgan fingerprint density at radius 3 is 2.27 bits per heavy atom. The van der Waals surface area contributed by atoms with Gasteiger partial charge in [0.2, 0.25) is 0 Å². The molecule has 0 aliphatic rings. The third kappa shape index (κ3) is 2.27. The molecule has 0 heterocycles. The summed E-state index contributed by atoms with van der Waals surface area (Å²) in [5, 5.41) is 0. The van der Waals surface area contributed by atoms with Crippen LogP contribution in [-0.2, 0) is 6.42 Å². The molecule has 0 fully saturated rings. The fourth-order valence-corrected chi connectivity index (χ4v) is 1.72. The van der Waals surface area contributed by atoms with Gasteiger partial charge in [0.05, 0.1) is 0 Å². The SMILES string of the molecule is CCc1cccc(-c2ccc(C)cc2)c1.